The van der Waals surface area contributed by atoms with Crippen molar-refractivity contribution in [2.24, 2.45) is 0 Å². The van der Waals surface area contributed by atoms with E-state index in [4.69, 9.17) is 35.3 Å². The number of hydrogen-bond acceptors (Lipinski definition) is 5. The highest BCUT2D eigenvalue weighted by atomic mass is 35.7. The van der Waals surface area contributed by atoms with Crippen LogP contribution in [0.3, 0.4) is 0 Å². The van der Waals surface area contributed by atoms with E-state index < -0.39 is 10.2 Å². The SMILES string of the molecule is C[N+](C)=Cc1cn(-c2ccccc2)nc1-c1ccc(Cl)cc1.[O-][Cl+3]([O-])([O-])[O-]. The molecule has 9 heteroatoms. The number of para-hydroxylation sites is 1. The molecule has 0 atom stereocenters. The van der Waals surface area contributed by atoms with E-state index in [-0.39, 0.29) is 0 Å². The molecule has 0 amide bonds. The normalized spacial score (nSPS) is 10.8. The summed E-state index contributed by atoms with van der Waals surface area (Å²) in [6.45, 7) is 0. The van der Waals surface area contributed by atoms with E-state index in [1.54, 1.807) is 0 Å². The first-order valence-electron chi connectivity index (χ1n) is 7.67. The molecule has 1 heterocycles. The van der Waals surface area contributed by atoms with E-state index >= 15 is 0 Å². The van der Waals surface area contributed by atoms with Gasteiger partial charge in [0.1, 0.15) is 19.8 Å². The molecule has 0 saturated heterocycles. The first kappa shape index (κ1) is 21.0. The summed E-state index contributed by atoms with van der Waals surface area (Å²) in [6.07, 6.45) is 4.11. The van der Waals surface area contributed by atoms with E-state index in [0.717, 1.165) is 27.5 Å². The Balaban J connectivity index is 0.000000465. The third kappa shape index (κ3) is 7.10. The van der Waals surface area contributed by atoms with Crippen LogP contribution in [0.1, 0.15) is 5.56 Å². The third-order valence-electron chi connectivity index (χ3n) is 3.28. The molecule has 0 unspecified atom stereocenters. The number of rotatable bonds is 3. The summed E-state index contributed by atoms with van der Waals surface area (Å²) in [5, 5.41) is 5.48. The lowest BCUT2D eigenvalue weighted by Crippen LogP contribution is -2.68. The van der Waals surface area contributed by atoms with Gasteiger partial charge in [0.15, 0.2) is 6.21 Å². The monoisotopic (exact) mass is 409 g/mol. The maximum atomic E-state index is 8.49. The fraction of sp³-hybridized carbons (Fsp3) is 0.111. The van der Waals surface area contributed by atoms with Crippen molar-refractivity contribution < 1.29 is 33.5 Å². The minimum Gasteiger partial charge on any atom is -0.241 e. The van der Waals surface area contributed by atoms with Crippen molar-refractivity contribution in [1.29, 1.82) is 0 Å². The molecule has 0 saturated carbocycles. The molecule has 1 aromatic heterocycles. The van der Waals surface area contributed by atoms with Gasteiger partial charge in [-0.1, -0.05) is 41.9 Å². The average molecular weight is 410 g/mol. The van der Waals surface area contributed by atoms with Gasteiger partial charge in [0.2, 0.25) is 0 Å². The Morgan fingerprint density at radius 3 is 2.04 bits per heavy atom. The van der Waals surface area contributed by atoms with Crippen molar-refractivity contribution in [2.75, 3.05) is 14.1 Å². The van der Waals surface area contributed by atoms with Gasteiger partial charge in [0.25, 0.3) is 0 Å². The lowest BCUT2D eigenvalue weighted by Gasteiger charge is -2.17. The second kappa shape index (κ2) is 9.09. The summed E-state index contributed by atoms with van der Waals surface area (Å²) in [4.78, 5) is 0. The Labute approximate surface area is 163 Å². The quantitative estimate of drug-likeness (QED) is 0.412. The van der Waals surface area contributed by atoms with Crippen LogP contribution in [-0.4, -0.2) is 34.7 Å². The average Bonchev–Trinajstić information content (AvgIpc) is 2.98. The minimum atomic E-state index is -4.94. The van der Waals surface area contributed by atoms with Crippen molar-refractivity contribution in [3.63, 3.8) is 0 Å². The van der Waals surface area contributed by atoms with Crippen molar-refractivity contribution >= 4 is 17.8 Å². The molecule has 2 aromatic carbocycles. The second-order valence-corrected chi connectivity index (χ2v) is 6.88. The highest BCUT2D eigenvalue weighted by Crippen LogP contribution is 2.24. The van der Waals surface area contributed by atoms with Gasteiger partial charge in [0, 0.05) is 16.8 Å². The van der Waals surface area contributed by atoms with Crippen LogP contribution in [0.2, 0.25) is 5.02 Å². The molecule has 0 N–H and O–H groups in total. The summed E-state index contributed by atoms with van der Waals surface area (Å²) in [5.74, 6) is 0. The molecule has 0 aliphatic heterocycles. The number of hydrogen-bond donors (Lipinski definition) is 0. The zero-order valence-corrected chi connectivity index (χ0v) is 16.1. The van der Waals surface area contributed by atoms with Gasteiger partial charge in [-0.15, -0.1) is 10.2 Å². The largest absolute Gasteiger partial charge is 0.241 e. The van der Waals surface area contributed by atoms with Crippen LogP contribution in [0, 0.1) is 10.2 Å². The van der Waals surface area contributed by atoms with E-state index in [0.29, 0.717) is 0 Å². The van der Waals surface area contributed by atoms with E-state index in [9.17, 15) is 0 Å². The lowest BCUT2D eigenvalue weighted by atomic mass is 10.1. The predicted octanol–water partition coefficient (Wildman–Crippen LogP) is -0.872. The van der Waals surface area contributed by atoms with Crippen molar-refractivity contribution in [3.8, 4) is 16.9 Å². The van der Waals surface area contributed by atoms with Crippen LogP contribution < -0.4 is 18.6 Å². The van der Waals surface area contributed by atoms with E-state index in [1.165, 1.54) is 0 Å². The fourth-order valence-corrected chi connectivity index (χ4v) is 2.43. The highest BCUT2D eigenvalue weighted by molar-refractivity contribution is 6.30. The van der Waals surface area contributed by atoms with Gasteiger partial charge in [-0.25, -0.2) is 27.9 Å². The molecule has 0 spiro atoms. The van der Waals surface area contributed by atoms with Gasteiger partial charge >= 0.3 is 0 Å². The first-order valence-corrected chi connectivity index (χ1v) is 9.29. The van der Waals surface area contributed by atoms with E-state index in [2.05, 4.69) is 6.21 Å². The molecule has 27 heavy (non-hydrogen) atoms. The maximum Gasteiger partial charge on any atom is 0.174 e. The summed E-state index contributed by atoms with van der Waals surface area (Å²) in [5.41, 5.74) is 4.09. The smallest absolute Gasteiger partial charge is 0.174 e. The van der Waals surface area contributed by atoms with Gasteiger partial charge in [0.05, 0.1) is 11.3 Å². The van der Waals surface area contributed by atoms with Crippen molar-refractivity contribution in [2.45, 2.75) is 0 Å². The van der Waals surface area contributed by atoms with Gasteiger partial charge in [-0.3, -0.25) is 0 Å². The Kier molecular flexibility index (Phi) is 7.09. The molecule has 0 fully saturated rings. The number of benzene rings is 2. The fourth-order valence-electron chi connectivity index (χ4n) is 2.31. The molecule has 3 aromatic rings. The third-order valence-corrected chi connectivity index (χ3v) is 3.53. The highest BCUT2D eigenvalue weighted by Gasteiger charge is 2.13. The second-order valence-electron chi connectivity index (χ2n) is 5.69. The molecule has 0 aliphatic carbocycles. The predicted molar refractivity (Wildman–Crippen MR) is 91.3 cm³/mol. The molecular formula is C18H17Cl2N3O4. The molecule has 0 bridgehead atoms. The van der Waals surface area contributed by atoms with Gasteiger partial charge < -0.3 is 0 Å². The zero-order valence-electron chi connectivity index (χ0n) is 14.6. The van der Waals surface area contributed by atoms with Gasteiger partial charge in [-0.05, 0) is 24.3 Å². The standard InChI is InChI=1S/C18H17ClN3.ClHO4/c1-21(2)12-15-13-22(17-6-4-3-5-7-17)20-18(15)14-8-10-16(19)11-9-14;2-1(3,4)5/h3-13H,1-2H3;(H,2,3,4,5)/q+1;/p-1. The van der Waals surface area contributed by atoms with Crippen molar-refractivity contribution in [3.05, 3.63) is 71.4 Å². The van der Waals surface area contributed by atoms with E-state index in [1.807, 2.05) is 84.1 Å². The topological polar surface area (TPSA) is 113 Å². The number of nitrogens with zero attached hydrogens (tertiary/aromatic N) is 3. The summed E-state index contributed by atoms with van der Waals surface area (Å²) < 4.78 is 37.9. The summed E-state index contributed by atoms with van der Waals surface area (Å²) in [6, 6.07) is 17.9. The molecule has 7 nitrogen and oxygen atoms in total. The summed E-state index contributed by atoms with van der Waals surface area (Å²) in [7, 11) is -0.934. The van der Waals surface area contributed by atoms with Crippen LogP contribution in [0.5, 0.6) is 0 Å². The number of aromatic nitrogens is 2. The lowest BCUT2D eigenvalue weighted by molar-refractivity contribution is -2.00. The van der Waals surface area contributed by atoms with Gasteiger partial charge in [-0.2, -0.15) is 5.10 Å². The van der Waals surface area contributed by atoms with Crippen LogP contribution in [0.4, 0.5) is 0 Å². The van der Waals surface area contributed by atoms with Crippen molar-refractivity contribution in [1.82, 2.24) is 9.78 Å². The molecule has 0 radical (unpaired) electrons. The molecular weight excluding hydrogens is 393 g/mol. The Morgan fingerprint density at radius 1 is 0.963 bits per heavy atom. The molecule has 142 valence electrons. The van der Waals surface area contributed by atoms with Crippen LogP contribution in [0.15, 0.2) is 60.8 Å². The zero-order chi connectivity index (χ0) is 20.0. The number of halogens is 2. The van der Waals surface area contributed by atoms with Crippen LogP contribution >= 0.6 is 11.6 Å². The van der Waals surface area contributed by atoms with Crippen LogP contribution in [0.25, 0.3) is 16.9 Å². The maximum absolute atomic E-state index is 8.49. The minimum absolute atomic E-state index is 0.726. The van der Waals surface area contributed by atoms with Crippen LogP contribution in [-0.2, 0) is 0 Å². The molecule has 3 rings (SSSR count). The Hall–Kier alpha value is -2.26. The first-order chi connectivity index (χ1) is 12.6. The molecule has 0 aliphatic rings. The summed E-state index contributed by atoms with van der Waals surface area (Å²) >= 11 is 5.98. The Morgan fingerprint density at radius 2 is 1.52 bits per heavy atom. The Bertz CT molecular complexity index is 895.